The van der Waals surface area contributed by atoms with Crippen LogP contribution >= 0.6 is 0 Å². The SMILES string of the molecule is O=C(COc1cccc([N+](=O)[O-])c1)NCCCOCC1CC1. The molecule has 0 radical (unpaired) electrons. The van der Waals surface area contributed by atoms with Crippen LogP contribution in [0.1, 0.15) is 19.3 Å². The van der Waals surface area contributed by atoms with Crippen LogP contribution in [0.2, 0.25) is 0 Å². The number of benzene rings is 1. The van der Waals surface area contributed by atoms with Crippen LogP contribution in [0.5, 0.6) is 5.75 Å². The lowest BCUT2D eigenvalue weighted by atomic mass is 10.3. The Morgan fingerprint density at radius 3 is 2.95 bits per heavy atom. The largest absolute Gasteiger partial charge is 0.484 e. The molecule has 2 rings (SSSR count). The zero-order valence-electron chi connectivity index (χ0n) is 12.3. The van der Waals surface area contributed by atoms with Gasteiger partial charge in [-0.15, -0.1) is 0 Å². The fourth-order valence-corrected chi connectivity index (χ4v) is 1.82. The van der Waals surface area contributed by atoms with Crippen molar-refractivity contribution in [2.24, 2.45) is 5.92 Å². The highest BCUT2D eigenvalue weighted by atomic mass is 16.6. The van der Waals surface area contributed by atoms with E-state index in [0.29, 0.717) is 18.9 Å². The third kappa shape index (κ3) is 6.09. The summed E-state index contributed by atoms with van der Waals surface area (Å²) in [5.41, 5.74) is -0.0641. The summed E-state index contributed by atoms with van der Waals surface area (Å²) >= 11 is 0. The van der Waals surface area contributed by atoms with Gasteiger partial charge in [0.15, 0.2) is 6.61 Å². The second-order valence-corrected chi connectivity index (χ2v) is 5.26. The molecule has 0 aliphatic heterocycles. The van der Waals surface area contributed by atoms with Crippen LogP contribution in [-0.2, 0) is 9.53 Å². The van der Waals surface area contributed by atoms with Crippen LogP contribution in [0.15, 0.2) is 24.3 Å². The Morgan fingerprint density at radius 1 is 1.41 bits per heavy atom. The summed E-state index contributed by atoms with van der Waals surface area (Å²) in [4.78, 5) is 21.7. The number of nitro benzene ring substituents is 1. The highest BCUT2D eigenvalue weighted by Gasteiger charge is 2.20. The third-order valence-corrected chi connectivity index (χ3v) is 3.24. The summed E-state index contributed by atoms with van der Waals surface area (Å²) in [5, 5.41) is 13.3. The van der Waals surface area contributed by atoms with E-state index in [0.717, 1.165) is 18.9 Å². The zero-order valence-corrected chi connectivity index (χ0v) is 12.3. The minimum atomic E-state index is -0.505. The molecule has 0 spiro atoms. The number of nitrogens with zero attached hydrogens (tertiary/aromatic N) is 1. The molecule has 1 aromatic rings. The number of carbonyl (C=O) groups excluding carboxylic acids is 1. The molecule has 0 atom stereocenters. The number of carbonyl (C=O) groups is 1. The normalized spacial score (nSPS) is 13.6. The second-order valence-electron chi connectivity index (χ2n) is 5.26. The smallest absolute Gasteiger partial charge is 0.273 e. The van der Waals surface area contributed by atoms with E-state index < -0.39 is 4.92 Å². The molecule has 1 amide bonds. The Balaban J connectivity index is 1.56. The van der Waals surface area contributed by atoms with E-state index in [1.165, 1.54) is 31.0 Å². The van der Waals surface area contributed by atoms with Crippen LogP contribution in [0.25, 0.3) is 0 Å². The van der Waals surface area contributed by atoms with E-state index in [4.69, 9.17) is 9.47 Å². The van der Waals surface area contributed by atoms with Gasteiger partial charge in [-0.2, -0.15) is 0 Å². The van der Waals surface area contributed by atoms with E-state index in [9.17, 15) is 14.9 Å². The number of rotatable bonds is 10. The number of non-ortho nitro benzene ring substituents is 1. The van der Waals surface area contributed by atoms with Crippen molar-refractivity contribution in [3.05, 3.63) is 34.4 Å². The second kappa shape index (κ2) is 8.33. The lowest BCUT2D eigenvalue weighted by Gasteiger charge is -2.07. The summed E-state index contributed by atoms with van der Waals surface area (Å²) in [6.07, 6.45) is 3.30. The van der Waals surface area contributed by atoms with Crippen LogP contribution < -0.4 is 10.1 Å². The number of ether oxygens (including phenoxy) is 2. The zero-order chi connectivity index (χ0) is 15.8. The van der Waals surface area contributed by atoms with Crippen molar-refractivity contribution < 1.29 is 19.2 Å². The topological polar surface area (TPSA) is 90.7 Å². The van der Waals surface area contributed by atoms with Crippen molar-refractivity contribution in [2.75, 3.05) is 26.4 Å². The Labute approximate surface area is 128 Å². The number of hydrogen-bond acceptors (Lipinski definition) is 5. The molecule has 0 saturated heterocycles. The number of nitro groups is 1. The van der Waals surface area contributed by atoms with Gasteiger partial charge in [0, 0.05) is 25.8 Å². The quantitative estimate of drug-likeness (QED) is 0.405. The van der Waals surface area contributed by atoms with Crippen LogP contribution in [0.4, 0.5) is 5.69 Å². The highest BCUT2D eigenvalue weighted by Crippen LogP contribution is 2.28. The van der Waals surface area contributed by atoms with Gasteiger partial charge in [0.05, 0.1) is 11.0 Å². The molecule has 1 aromatic carbocycles. The standard InChI is InChI=1S/C15H20N2O5/c18-15(16-7-2-8-21-10-12-5-6-12)11-22-14-4-1-3-13(9-14)17(19)20/h1,3-4,9,12H,2,5-8,10-11H2,(H,16,18). The summed E-state index contributed by atoms with van der Waals surface area (Å²) < 4.78 is 10.7. The molecule has 120 valence electrons. The van der Waals surface area contributed by atoms with Crippen molar-refractivity contribution in [1.82, 2.24) is 5.32 Å². The molecule has 1 fully saturated rings. The van der Waals surface area contributed by atoms with E-state index in [2.05, 4.69) is 5.32 Å². The number of amides is 1. The molecular weight excluding hydrogens is 288 g/mol. The minimum absolute atomic E-state index is 0.0641. The fraction of sp³-hybridized carbons (Fsp3) is 0.533. The van der Waals surface area contributed by atoms with Crippen LogP contribution in [-0.4, -0.2) is 37.2 Å². The van der Waals surface area contributed by atoms with Crippen LogP contribution in [0.3, 0.4) is 0 Å². The van der Waals surface area contributed by atoms with Crippen LogP contribution in [0, 0.1) is 16.0 Å². The van der Waals surface area contributed by atoms with Gasteiger partial charge in [-0.05, 0) is 31.2 Å². The van der Waals surface area contributed by atoms with Gasteiger partial charge >= 0.3 is 0 Å². The first-order valence-electron chi connectivity index (χ1n) is 7.37. The summed E-state index contributed by atoms with van der Waals surface area (Å²) in [6.45, 7) is 1.83. The first-order valence-corrected chi connectivity index (χ1v) is 7.37. The molecule has 0 heterocycles. The monoisotopic (exact) mass is 308 g/mol. The molecule has 1 aliphatic rings. The van der Waals surface area contributed by atoms with E-state index >= 15 is 0 Å². The van der Waals surface area contributed by atoms with Crippen molar-refractivity contribution >= 4 is 11.6 Å². The van der Waals surface area contributed by atoms with Gasteiger partial charge in [-0.25, -0.2) is 0 Å². The van der Waals surface area contributed by atoms with Gasteiger partial charge in [0.1, 0.15) is 5.75 Å². The van der Waals surface area contributed by atoms with Crippen molar-refractivity contribution in [1.29, 1.82) is 0 Å². The fourth-order valence-electron chi connectivity index (χ4n) is 1.82. The molecule has 22 heavy (non-hydrogen) atoms. The molecular formula is C15H20N2O5. The predicted octanol–water partition coefficient (Wildman–Crippen LogP) is 1.91. The molecule has 1 saturated carbocycles. The predicted molar refractivity (Wildman–Crippen MR) is 79.8 cm³/mol. The van der Waals surface area contributed by atoms with Gasteiger partial charge in [-0.1, -0.05) is 6.07 Å². The average molecular weight is 308 g/mol. The summed E-state index contributed by atoms with van der Waals surface area (Å²) in [6, 6.07) is 5.75. The first kappa shape index (κ1) is 16.2. The molecule has 1 aliphatic carbocycles. The molecule has 1 N–H and O–H groups in total. The maximum atomic E-state index is 11.6. The Kier molecular flexibility index (Phi) is 6.14. The van der Waals surface area contributed by atoms with E-state index in [-0.39, 0.29) is 18.2 Å². The lowest BCUT2D eigenvalue weighted by Crippen LogP contribution is -2.30. The van der Waals surface area contributed by atoms with Crippen molar-refractivity contribution in [3.63, 3.8) is 0 Å². The van der Waals surface area contributed by atoms with E-state index in [1.54, 1.807) is 6.07 Å². The van der Waals surface area contributed by atoms with Gasteiger partial charge in [-0.3, -0.25) is 14.9 Å². The maximum absolute atomic E-state index is 11.6. The Morgan fingerprint density at radius 2 is 2.23 bits per heavy atom. The molecule has 7 nitrogen and oxygen atoms in total. The van der Waals surface area contributed by atoms with Crippen molar-refractivity contribution in [2.45, 2.75) is 19.3 Å². The van der Waals surface area contributed by atoms with E-state index in [1.807, 2.05) is 0 Å². The Bertz CT molecular complexity index is 516. The average Bonchev–Trinajstić information content (AvgIpc) is 3.33. The summed E-state index contributed by atoms with van der Waals surface area (Å²) in [7, 11) is 0. The molecule has 7 heteroatoms. The van der Waals surface area contributed by atoms with Crippen molar-refractivity contribution in [3.8, 4) is 5.75 Å². The number of nitrogens with one attached hydrogen (secondary N) is 1. The highest BCUT2D eigenvalue weighted by molar-refractivity contribution is 5.77. The molecule has 0 unspecified atom stereocenters. The van der Waals surface area contributed by atoms with Gasteiger partial charge < -0.3 is 14.8 Å². The molecule has 0 bridgehead atoms. The minimum Gasteiger partial charge on any atom is -0.484 e. The van der Waals surface area contributed by atoms with Gasteiger partial charge in [0.25, 0.3) is 11.6 Å². The first-order chi connectivity index (χ1) is 10.6. The lowest BCUT2D eigenvalue weighted by molar-refractivity contribution is -0.384. The Hall–Kier alpha value is -2.15. The number of hydrogen-bond donors (Lipinski definition) is 1. The summed E-state index contributed by atoms with van der Waals surface area (Å²) in [5.74, 6) is 0.795. The molecule has 0 aromatic heterocycles. The third-order valence-electron chi connectivity index (χ3n) is 3.24. The van der Waals surface area contributed by atoms with Gasteiger partial charge in [0.2, 0.25) is 0 Å². The maximum Gasteiger partial charge on any atom is 0.273 e.